The molecule has 2 unspecified atom stereocenters. The highest BCUT2D eigenvalue weighted by Crippen LogP contribution is 2.22. The second-order valence-corrected chi connectivity index (χ2v) is 4.60. The minimum atomic E-state index is 0.834. The zero-order valence-corrected chi connectivity index (χ0v) is 9.84. The molecule has 0 heteroatoms. The molecule has 0 aliphatic carbocycles. The minimum Gasteiger partial charge on any atom is -0.103 e. The van der Waals surface area contributed by atoms with Crippen molar-refractivity contribution in [1.82, 2.24) is 0 Å². The summed E-state index contributed by atoms with van der Waals surface area (Å²) in [7, 11) is 0. The lowest BCUT2D eigenvalue weighted by Gasteiger charge is -2.19. The third-order valence-corrected chi connectivity index (χ3v) is 3.25. The molecular weight excluding hydrogens is 156 g/mol. The first-order valence-electron chi connectivity index (χ1n) is 5.72. The smallest absolute Gasteiger partial charge is 0.0325 e. The van der Waals surface area contributed by atoms with Crippen molar-refractivity contribution in [3.8, 4) is 0 Å². The molecule has 0 saturated carbocycles. The number of rotatable bonds is 7. The molecule has 0 heterocycles. The van der Waals surface area contributed by atoms with Gasteiger partial charge in [-0.05, 0) is 30.6 Å². The molecule has 0 N–H and O–H groups in total. The van der Waals surface area contributed by atoms with E-state index in [2.05, 4.69) is 40.3 Å². The predicted octanol–water partition coefficient (Wildman–Crippen LogP) is 4.66. The van der Waals surface area contributed by atoms with Crippen LogP contribution in [-0.4, -0.2) is 0 Å². The van der Waals surface area contributed by atoms with Crippen LogP contribution in [0.25, 0.3) is 0 Å². The van der Waals surface area contributed by atoms with Crippen molar-refractivity contribution in [3.05, 3.63) is 12.7 Å². The maximum Gasteiger partial charge on any atom is -0.0325 e. The zero-order valence-electron chi connectivity index (χ0n) is 9.84. The van der Waals surface area contributed by atoms with E-state index in [0.717, 1.165) is 17.8 Å². The molecule has 0 rings (SSSR count). The summed E-state index contributed by atoms with van der Waals surface area (Å²) in [6.07, 6.45) is 7.32. The van der Waals surface area contributed by atoms with Gasteiger partial charge >= 0.3 is 0 Å². The van der Waals surface area contributed by atoms with E-state index in [-0.39, 0.29) is 0 Å². The molecule has 0 aliphatic heterocycles. The van der Waals surface area contributed by atoms with Crippen LogP contribution in [0.5, 0.6) is 0 Å². The van der Waals surface area contributed by atoms with Crippen LogP contribution in [0.3, 0.4) is 0 Å². The molecule has 2 atom stereocenters. The van der Waals surface area contributed by atoms with E-state index in [1.807, 2.05) is 0 Å². The number of allylic oxidation sites excluding steroid dienone is 1. The van der Waals surface area contributed by atoms with Gasteiger partial charge in [0, 0.05) is 0 Å². The first-order chi connectivity index (χ1) is 6.11. The Bertz CT molecular complexity index is 124. The van der Waals surface area contributed by atoms with Crippen molar-refractivity contribution < 1.29 is 0 Å². The Balaban J connectivity index is 3.64. The van der Waals surface area contributed by atoms with Crippen molar-refractivity contribution in [2.75, 3.05) is 0 Å². The van der Waals surface area contributed by atoms with Gasteiger partial charge in [0.25, 0.3) is 0 Å². The molecule has 0 fully saturated rings. The summed E-state index contributed by atoms with van der Waals surface area (Å²) in [5.41, 5.74) is 0. The van der Waals surface area contributed by atoms with E-state index in [9.17, 15) is 0 Å². The molecule has 0 amide bonds. The molecule has 0 bridgehead atoms. The molecule has 0 aromatic carbocycles. The van der Waals surface area contributed by atoms with Gasteiger partial charge in [-0.25, -0.2) is 0 Å². The Labute approximate surface area is 84.4 Å². The Hall–Kier alpha value is -0.260. The summed E-state index contributed by atoms with van der Waals surface area (Å²) in [6, 6.07) is 0. The van der Waals surface area contributed by atoms with Crippen LogP contribution in [0.2, 0.25) is 0 Å². The fourth-order valence-corrected chi connectivity index (χ4v) is 1.56. The number of hydrogen-bond donors (Lipinski definition) is 0. The summed E-state index contributed by atoms with van der Waals surface area (Å²) >= 11 is 0. The Kier molecular flexibility index (Phi) is 7.03. The third kappa shape index (κ3) is 5.90. The summed E-state index contributed by atoms with van der Waals surface area (Å²) in [4.78, 5) is 0. The molecule has 0 aromatic heterocycles. The molecule has 0 spiro atoms. The van der Waals surface area contributed by atoms with E-state index < -0.39 is 0 Å². The fraction of sp³-hybridized carbons (Fsp3) is 0.846. The van der Waals surface area contributed by atoms with Crippen molar-refractivity contribution in [1.29, 1.82) is 0 Å². The first-order valence-corrected chi connectivity index (χ1v) is 5.72. The van der Waals surface area contributed by atoms with Gasteiger partial charge < -0.3 is 0 Å². The van der Waals surface area contributed by atoms with Crippen LogP contribution in [0.1, 0.15) is 53.4 Å². The third-order valence-electron chi connectivity index (χ3n) is 3.25. The summed E-state index contributed by atoms with van der Waals surface area (Å²) in [5.74, 6) is 2.58. The lowest BCUT2D eigenvalue weighted by molar-refractivity contribution is 0.338. The molecule has 78 valence electrons. The highest BCUT2D eigenvalue weighted by atomic mass is 14.2. The summed E-state index contributed by atoms with van der Waals surface area (Å²) in [5, 5.41) is 0. The van der Waals surface area contributed by atoms with Crippen molar-refractivity contribution in [2.24, 2.45) is 17.8 Å². The topological polar surface area (TPSA) is 0 Å². The Morgan fingerprint density at radius 1 is 1.15 bits per heavy atom. The zero-order chi connectivity index (χ0) is 10.3. The van der Waals surface area contributed by atoms with Crippen molar-refractivity contribution in [2.45, 2.75) is 53.4 Å². The molecule has 0 aromatic rings. The average Bonchev–Trinajstić information content (AvgIpc) is 2.11. The van der Waals surface area contributed by atoms with E-state index >= 15 is 0 Å². The Morgan fingerprint density at radius 2 is 1.77 bits per heavy atom. The van der Waals surface area contributed by atoms with Gasteiger partial charge in [-0.2, -0.15) is 0 Å². The normalized spacial score (nSPS) is 15.8. The molecular formula is C13H26. The van der Waals surface area contributed by atoms with Crippen LogP contribution >= 0.6 is 0 Å². The monoisotopic (exact) mass is 182 g/mol. The molecule has 0 aliphatic rings. The predicted molar refractivity (Wildman–Crippen MR) is 61.8 cm³/mol. The Morgan fingerprint density at radius 3 is 2.15 bits per heavy atom. The largest absolute Gasteiger partial charge is 0.103 e. The SMILES string of the molecule is C=CCC(CC)CCC(C)C(C)C. The molecule has 0 nitrogen and oxygen atoms in total. The maximum absolute atomic E-state index is 3.81. The fourth-order valence-electron chi connectivity index (χ4n) is 1.56. The first kappa shape index (κ1) is 12.7. The second kappa shape index (κ2) is 7.17. The maximum atomic E-state index is 3.81. The van der Waals surface area contributed by atoms with E-state index in [0.29, 0.717) is 0 Å². The standard InChI is InChI=1S/C13H26/c1-6-8-13(7-2)10-9-12(5)11(3)4/h6,11-13H,1,7-10H2,2-5H3. The highest BCUT2D eigenvalue weighted by Gasteiger charge is 2.10. The van der Waals surface area contributed by atoms with Crippen LogP contribution in [0.4, 0.5) is 0 Å². The van der Waals surface area contributed by atoms with Crippen molar-refractivity contribution in [3.63, 3.8) is 0 Å². The van der Waals surface area contributed by atoms with Crippen molar-refractivity contribution >= 4 is 0 Å². The van der Waals surface area contributed by atoms with Gasteiger partial charge in [-0.15, -0.1) is 6.58 Å². The molecule has 0 radical (unpaired) electrons. The quantitative estimate of drug-likeness (QED) is 0.502. The van der Waals surface area contributed by atoms with E-state index in [4.69, 9.17) is 0 Å². The average molecular weight is 182 g/mol. The van der Waals surface area contributed by atoms with Crippen LogP contribution < -0.4 is 0 Å². The van der Waals surface area contributed by atoms with Gasteiger partial charge in [0.15, 0.2) is 0 Å². The lowest BCUT2D eigenvalue weighted by Crippen LogP contribution is -2.07. The van der Waals surface area contributed by atoms with Crippen LogP contribution in [0.15, 0.2) is 12.7 Å². The highest BCUT2D eigenvalue weighted by molar-refractivity contribution is 4.73. The van der Waals surface area contributed by atoms with Gasteiger partial charge in [0.05, 0.1) is 0 Å². The molecule has 0 saturated heterocycles. The second-order valence-electron chi connectivity index (χ2n) is 4.60. The van der Waals surface area contributed by atoms with Gasteiger partial charge in [0.2, 0.25) is 0 Å². The van der Waals surface area contributed by atoms with E-state index in [1.54, 1.807) is 0 Å². The summed E-state index contributed by atoms with van der Waals surface area (Å²) in [6.45, 7) is 13.1. The minimum absolute atomic E-state index is 0.834. The van der Waals surface area contributed by atoms with E-state index in [1.165, 1.54) is 25.7 Å². The van der Waals surface area contributed by atoms with Crippen LogP contribution in [-0.2, 0) is 0 Å². The lowest BCUT2D eigenvalue weighted by atomic mass is 9.87. The summed E-state index contributed by atoms with van der Waals surface area (Å²) < 4.78 is 0. The van der Waals surface area contributed by atoms with Gasteiger partial charge in [-0.1, -0.05) is 46.6 Å². The van der Waals surface area contributed by atoms with Gasteiger partial charge in [-0.3, -0.25) is 0 Å². The van der Waals surface area contributed by atoms with Crippen LogP contribution in [0, 0.1) is 17.8 Å². The number of hydrogen-bond acceptors (Lipinski definition) is 0. The van der Waals surface area contributed by atoms with Gasteiger partial charge in [0.1, 0.15) is 0 Å². The molecule has 13 heavy (non-hydrogen) atoms.